The zero-order chi connectivity index (χ0) is 19.3. The quantitative estimate of drug-likeness (QED) is 0.887. The van der Waals surface area contributed by atoms with Crippen LogP contribution in [0.4, 0.5) is 10.5 Å². The van der Waals surface area contributed by atoms with Crippen LogP contribution >= 0.6 is 0 Å². The highest BCUT2D eigenvalue weighted by molar-refractivity contribution is 5.96. The molecule has 0 bridgehead atoms. The molecule has 0 aromatic heterocycles. The number of nitrogens with one attached hydrogen (secondary N) is 1. The minimum absolute atomic E-state index is 0.0362. The maximum Gasteiger partial charge on any atom is 0.317 e. The van der Waals surface area contributed by atoms with Crippen molar-refractivity contribution in [2.24, 2.45) is 5.92 Å². The second-order valence-corrected chi connectivity index (χ2v) is 7.81. The molecule has 146 valence electrons. The molecule has 2 saturated heterocycles. The van der Waals surface area contributed by atoms with Crippen LogP contribution in [0.3, 0.4) is 0 Å². The molecule has 0 spiro atoms. The number of amides is 3. The van der Waals surface area contributed by atoms with Gasteiger partial charge in [0.2, 0.25) is 5.91 Å². The predicted molar refractivity (Wildman–Crippen MR) is 110 cm³/mol. The van der Waals surface area contributed by atoms with Gasteiger partial charge in [-0.15, -0.1) is 0 Å². The lowest BCUT2D eigenvalue weighted by molar-refractivity contribution is -0.117. The summed E-state index contributed by atoms with van der Waals surface area (Å²) >= 11 is 0. The Balaban J connectivity index is 1.25. The minimum Gasteiger partial charge on any atom is -0.333 e. The van der Waals surface area contributed by atoms with E-state index in [2.05, 4.69) is 29.6 Å². The lowest BCUT2D eigenvalue weighted by atomic mass is 9.90. The third kappa shape index (κ3) is 4.35. The Kier molecular flexibility index (Phi) is 5.60. The van der Waals surface area contributed by atoms with Gasteiger partial charge in [-0.1, -0.05) is 48.5 Å². The maximum absolute atomic E-state index is 12.7. The van der Waals surface area contributed by atoms with Crippen molar-refractivity contribution in [1.82, 2.24) is 10.2 Å². The first-order valence-electron chi connectivity index (χ1n) is 10.1. The zero-order valence-electron chi connectivity index (χ0n) is 16.1. The summed E-state index contributed by atoms with van der Waals surface area (Å²) in [5.74, 6) is 0.700. The molecular weight excluding hydrogens is 350 g/mol. The van der Waals surface area contributed by atoms with Gasteiger partial charge < -0.3 is 15.1 Å². The monoisotopic (exact) mass is 377 g/mol. The number of hydrogen-bond acceptors (Lipinski definition) is 2. The van der Waals surface area contributed by atoms with Gasteiger partial charge >= 0.3 is 6.03 Å². The summed E-state index contributed by atoms with van der Waals surface area (Å²) in [5, 5.41) is 3.07. The van der Waals surface area contributed by atoms with E-state index in [1.165, 1.54) is 5.56 Å². The molecule has 5 heteroatoms. The fourth-order valence-corrected chi connectivity index (χ4v) is 4.22. The summed E-state index contributed by atoms with van der Waals surface area (Å²) in [6.45, 7) is 2.11. The molecule has 2 aromatic carbocycles. The second-order valence-electron chi connectivity index (χ2n) is 7.81. The molecule has 0 unspecified atom stereocenters. The summed E-state index contributed by atoms with van der Waals surface area (Å²) in [6.07, 6.45) is 3.51. The normalized spacial score (nSPS) is 20.4. The first kappa shape index (κ1) is 18.5. The van der Waals surface area contributed by atoms with Crippen molar-refractivity contribution in [2.45, 2.75) is 31.7 Å². The smallest absolute Gasteiger partial charge is 0.317 e. The van der Waals surface area contributed by atoms with E-state index in [9.17, 15) is 9.59 Å². The van der Waals surface area contributed by atoms with Crippen LogP contribution in [-0.4, -0.2) is 42.5 Å². The van der Waals surface area contributed by atoms with Gasteiger partial charge in [-0.05, 0) is 42.9 Å². The Morgan fingerprint density at radius 1 is 0.964 bits per heavy atom. The number of benzene rings is 2. The number of carbonyl (C=O) groups is 2. The van der Waals surface area contributed by atoms with E-state index in [0.29, 0.717) is 18.9 Å². The van der Waals surface area contributed by atoms with E-state index in [0.717, 1.165) is 38.0 Å². The highest BCUT2D eigenvalue weighted by Gasteiger charge is 2.33. The van der Waals surface area contributed by atoms with Crippen molar-refractivity contribution in [3.05, 3.63) is 66.2 Å². The number of likely N-dealkylation sites (tertiary alicyclic amines) is 1. The largest absolute Gasteiger partial charge is 0.333 e. The number of para-hydroxylation sites is 1. The van der Waals surface area contributed by atoms with Crippen molar-refractivity contribution in [3.63, 3.8) is 0 Å². The fourth-order valence-electron chi connectivity index (χ4n) is 4.22. The van der Waals surface area contributed by atoms with Crippen LogP contribution in [0.15, 0.2) is 60.7 Å². The van der Waals surface area contributed by atoms with Crippen LogP contribution < -0.4 is 10.2 Å². The van der Waals surface area contributed by atoms with Crippen molar-refractivity contribution in [2.75, 3.05) is 24.5 Å². The molecule has 2 heterocycles. The summed E-state index contributed by atoms with van der Waals surface area (Å²) < 4.78 is 0. The third-order valence-corrected chi connectivity index (χ3v) is 5.79. The van der Waals surface area contributed by atoms with Crippen LogP contribution in [0.5, 0.6) is 0 Å². The summed E-state index contributed by atoms with van der Waals surface area (Å²) in [4.78, 5) is 28.6. The molecule has 0 radical (unpaired) electrons. The Bertz CT molecular complexity index is 801. The molecule has 1 atom stereocenters. The summed E-state index contributed by atoms with van der Waals surface area (Å²) in [5.41, 5.74) is 2.27. The highest BCUT2D eigenvalue weighted by Crippen LogP contribution is 2.23. The number of nitrogens with zero attached hydrogens (tertiary/aromatic N) is 2. The third-order valence-electron chi connectivity index (χ3n) is 5.79. The van der Waals surface area contributed by atoms with Gasteiger partial charge in [0.25, 0.3) is 0 Å². The molecule has 28 heavy (non-hydrogen) atoms. The van der Waals surface area contributed by atoms with Gasteiger partial charge in [0, 0.05) is 31.7 Å². The molecule has 2 fully saturated rings. The zero-order valence-corrected chi connectivity index (χ0v) is 16.1. The molecule has 0 aliphatic carbocycles. The van der Waals surface area contributed by atoms with E-state index in [-0.39, 0.29) is 18.0 Å². The number of piperidine rings is 1. The fraction of sp³-hybridized carbons (Fsp3) is 0.391. The summed E-state index contributed by atoms with van der Waals surface area (Å²) in [6, 6.07) is 20.0. The topological polar surface area (TPSA) is 52.7 Å². The van der Waals surface area contributed by atoms with Crippen molar-refractivity contribution in [3.8, 4) is 0 Å². The van der Waals surface area contributed by atoms with E-state index >= 15 is 0 Å². The van der Waals surface area contributed by atoms with Gasteiger partial charge in [0.15, 0.2) is 0 Å². The average molecular weight is 377 g/mol. The molecule has 0 saturated carbocycles. The number of hydrogen-bond donors (Lipinski definition) is 1. The second kappa shape index (κ2) is 8.46. The van der Waals surface area contributed by atoms with Gasteiger partial charge in [-0.3, -0.25) is 4.79 Å². The Morgan fingerprint density at radius 3 is 2.29 bits per heavy atom. The van der Waals surface area contributed by atoms with E-state index in [4.69, 9.17) is 0 Å². The molecule has 5 nitrogen and oxygen atoms in total. The number of carbonyl (C=O) groups excluding carboxylic acids is 2. The van der Waals surface area contributed by atoms with Crippen LogP contribution in [0.1, 0.15) is 24.8 Å². The molecule has 1 N–H and O–H groups in total. The molecule has 2 aliphatic heterocycles. The lowest BCUT2D eigenvalue weighted by Gasteiger charge is -2.33. The number of rotatable bonds is 4. The van der Waals surface area contributed by atoms with Crippen LogP contribution in [0, 0.1) is 5.92 Å². The van der Waals surface area contributed by atoms with Crippen molar-refractivity contribution < 1.29 is 9.59 Å². The SMILES string of the molecule is O=C(N[C@H]1CC(=O)N(c2ccccc2)C1)N1CCC(Cc2ccccc2)CC1. The van der Waals surface area contributed by atoms with Crippen LogP contribution in [0.2, 0.25) is 0 Å². The van der Waals surface area contributed by atoms with Crippen LogP contribution in [-0.2, 0) is 11.2 Å². The Morgan fingerprint density at radius 2 is 1.61 bits per heavy atom. The predicted octanol–water partition coefficient (Wildman–Crippen LogP) is 3.46. The van der Waals surface area contributed by atoms with E-state index in [1.807, 2.05) is 41.3 Å². The van der Waals surface area contributed by atoms with Gasteiger partial charge in [0.05, 0.1) is 6.04 Å². The standard InChI is InChI=1S/C23H27N3O2/c27-22-16-20(17-26(22)21-9-5-2-6-10-21)24-23(28)25-13-11-19(12-14-25)15-18-7-3-1-4-8-18/h1-10,19-20H,11-17H2,(H,24,28)/t20-/m0/s1. The number of anilines is 1. The van der Waals surface area contributed by atoms with Crippen LogP contribution in [0.25, 0.3) is 0 Å². The molecular formula is C23H27N3O2. The first-order chi connectivity index (χ1) is 13.7. The maximum atomic E-state index is 12.7. The first-order valence-corrected chi connectivity index (χ1v) is 10.1. The Hall–Kier alpha value is -2.82. The van der Waals surface area contributed by atoms with Crippen molar-refractivity contribution >= 4 is 17.6 Å². The van der Waals surface area contributed by atoms with Gasteiger partial charge in [-0.2, -0.15) is 0 Å². The lowest BCUT2D eigenvalue weighted by Crippen LogP contribution is -2.48. The van der Waals surface area contributed by atoms with Gasteiger partial charge in [0.1, 0.15) is 0 Å². The van der Waals surface area contributed by atoms with E-state index < -0.39 is 0 Å². The van der Waals surface area contributed by atoms with Crippen molar-refractivity contribution in [1.29, 1.82) is 0 Å². The Labute approximate surface area is 166 Å². The molecule has 4 rings (SSSR count). The molecule has 2 aliphatic rings. The highest BCUT2D eigenvalue weighted by atomic mass is 16.2. The molecule has 3 amide bonds. The summed E-state index contributed by atoms with van der Waals surface area (Å²) in [7, 11) is 0. The molecule has 2 aromatic rings. The van der Waals surface area contributed by atoms with E-state index in [1.54, 1.807) is 4.90 Å². The average Bonchev–Trinajstić information content (AvgIpc) is 3.10. The number of urea groups is 1. The minimum atomic E-state index is -0.123. The van der Waals surface area contributed by atoms with Gasteiger partial charge in [-0.25, -0.2) is 4.79 Å².